The molecule has 3 nitrogen and oxygen atoms in total. The number of carbonyl (C=O) groups excluding carboxylic acids is 2. The summed E-state index contributed by atoms with van der Waals surface area (Å²) in [6, 6.07) is 0.151. The average molecular weight is 329 g/mol. The van der Waals surface area contributed by atoms with Crippen molar-refractivity contribution in [3.05, 3.63) is 11.6 Å². The van der Waals surface area contributed by atoms with Gasteiger partial charge in [-0.3, -0.25) is 9.59 Å². The van der Waals surface area contributed by atoms with Crippen LogP contribution in [0.15, 0.2) is 11.6 Å². The molecule has 0 aromatic carbocycles. The molecule has 4 rings (SSSR count). The average Bonchev–Trinajstić information content (AvgIpc) is 2.84. The van der Waals surface area contributed by atoms with Crippen molar-refractivity contribution in [3.63, 3.8) is 0 Å². The van der Waals surface area contributed by atoms with Gasteiger partial charge in [0.05, 0.1) is 0 Å². The fourth-order valence-electron chi connectivity index (χ4n) is 7.49. The Kier molecular flexibility index (Phi) is 3.62. The van der Waals surface area contributed by atoms with E-state index in [2.05, 4.69) is 13.8 Å². The fraction of sp³-hybridized carbons (Fsp3) is 0.810. The van der Waals surface area contributed by atoms with Gasteiger partial charge < -0.3 is 5.73 Å². The van der Waals surface area contributed by atoms with E-state index in [4.69, 9.17) is 5.73 Å². The Morgan fingerprint density at radius 2 is 1.96 bits per heavy atom. The van der Waals surface area contributed by atoms with Crippen molar-refractivity contribution in [3.8, 4) is 0 Å². The number of ketones is 2. The first kappa shape index (κ1) is 16.5. The van der Waals surface area contributed by atoms with Crippen LogP contribution in [0.3, 0.4) is 0 Å². The van der Waals surface area contributed by atoms with E-state index >= 15 is 0 Å². The minimum Gasteiger partial charge on any atom is -0.327 e. The summed E-state index contributed by atoms with van der Waals surface area (Å²) < 4.78 is 0. The molecule has 7 atom stereocenters. The first-order chi connectivity index (χ1) is 11.3. The van der Waals surface area contributed by atoms with Crippen LogP contribution in [-0.2, 0) is 9.59 Å². The normalized spacial score (nSPS) is 50.6. The third kappa shape index (κ3) is 2.06. The summed E-state index contributed by atoms with van der Waals surface area (Å²) in [6.07, 6.45) is 8.98. The number of allylic oxidation sites excluding steroid dienone is 1. The molecule has 24 heavy (non-hydrogen) atoms. The maximum atomic E-state index is 12.2. The second-order valence-corrected chi connectivity index (χ2v) is 9.50. The molecular formula is C21H31NO2. The molecule has 0 aromatic rings. The maximum absolute atomic E-state index is 12.2. The largest absolute Gasteiger partial charge is 0.327 e. The van der Waals surface area contributed by atoms with Gasteiger partial charge in [0, 0.05) is 18.4 Å². The van der Waals surface area contributed by atoms with Gasteiger partial charge in [0.2, 0.25) is 0 Å². The van der Waals surface area contributed by atoms with Crippen LogP contribution < -0.4 is 5.73 Å². The van der Waals surface area contributed by atoms with Gasteiger partial charge in [-0.25, -0.2) is 0 Å². The van der Waals surface area contributed by atoms with Gasteiger partial charge in [-0.15, -0.1) is 0 Å². The number of hydrogen-bond donors (Lipinski definition) is 1. The molecule has 1 unspecified atom stereocenters. The summed E-state index contributed by atoms with van der Waals surface area (Å²) in [6.45, 7) is 6.47. The zero-order valence-electron chi connectivity index (χ0n) is 15.3. The van der Waals surface area contributed by atoms with Gasteiger partial charge in [0.15, 0.2) is 5.78 Å². The van der Waals surface area contributed by atoms with Crippen LogP contribution in [0.1, 0.15) is 65.7 Å². The van der Waals surface area contributed by atoms with Crippen LogP contribution in [0, 0.1) is 34.5 Å². The molecule has 3 fully saturated rings. The lowest BCUT2D eigenvalue weighted by Crippen LogP contribution is -2.59. The van der Waals surface area contributed by atoms with Crippen molar-refractivity contribution in [1.82, 2.24) is 0 Å². The van der Waals surface area contributed by atoms with Crippen molar-refractivity contribution in [2.45, 2.75) is 71.8 Å². The monoisotopic (exact) mass is 329 g/mol. The number of fused-ring (bicyclic) bond motifs is 5. The Labute approximate surface area is 145 Å². The topological polar surface area (TPSA) is 60.2 Å². The van der Waals surface area contributed by atoms with Crippen molar-refractivity contribution in [2.75, 3.05) is 0 Å². The number of hydrogen-bond acceptors (Lipinski definition) is 3. The van der Waals surface area contributed by atoms with Crippen LogP contribution in [0.2, 0.25) is 0 Å². The lowest BCUT2D eigenvalue weighted by molar-refractivity contribution is -0.129. The number of nitrogens with two attached hydrogens (primary N) is 1. The van der Waals surface area contributed by atoms with Gasteiger partial charge in [0.25, 0.3) is 0 Å². The highest BCUT2D eigenvalue weighted by Gasteiger charge is 2.62. The molecule has 3 saturated carbocycles. The second-order valence-electron chi connectivity index (χ2n) is 9.50. The van der Waals surface area contributed by atoms with E-state index in [-0.39, 0.29) is 22.8 Å². The molecule has 0 aliphatic heterocycles. The zero-order chi connectivity index (χ0) is 17.3. The van der Waals surface area contributed by atoms with Gasteiger partial charge >= 0.3 is 0 Å². The van der Waals surface area contributed by atoms with Crippen LogP contribution in [0.5, 0.6) is 0 Å². The van der Waals surface area contributed by atoms with Crippen molar-refractivity contribution in [1.29, 1.82) is 0 Å². The minimum atomic E-state index is 0.0917. The summed E-state index contributed by atoms with van der Waals surface area (Å²) in [5, 5.41) is 0. The van der Waals surface area contributed by atoms with Crippen molar-refractivity contribution < 1.29 is 9.59 Å². The highest BCUT2D eigenvalue weighted by atomic mass is 16.1. The fourth-order valence-corrected chi connectivity index (χ4v) is 7.49. The molecule has 3 heteroatoms. The predicted octanol–water partition coefficient (Wildman–Crippen LogP) is 3.66. The lowest BCUT2D eigenvalue weighted by Gasteiger charge is -2.60. The Morgan fingerprint density at radius 3 is 2.67 bits per heavy atom. The van der Waals surface area contributed by atoms with Crippen LogP contribution in [0.25, 0.3) is 0 Å². The molecule has 0 radical (unpaired) electrons. The van der Waals surface area contributed by atoms with Gasteiger partial charge in [0.1, 0.15) is 5.78 Å². The Balaban J connectivity index is 1.72. The molecular weight excluding hydrogens is 298 g/mol. The van der Waals surface area contributed by atoms with E-state index in [0.29, 0.717) is 35.7 Å². The van der Waals surface area contributed by atoms with E-state index < -0.39 is 0 Å². The zero-order valence-corrected chi connectivity index (χ0v) is 15.3. The smallest absolute Gasteiger partial charge is 0.155 e. The number of Topliss-reactive ketones (excluding diaryl/α,β-unsaturated/α-hetero) is 1. The third-order valence-corrected chi connectivity index (χ3v) is 8.46. The lowest BCUT2D eigenvalue weighted by atomic mass is 9.45. The molecule has 4 aliphatic rings. The SMILES string of the molecule is CC(=O)[C@H]1CC[C@H]2[C@@H]3CCC4=CC(=O)CC[C@]4(C)[C@H]3C(N)C[C@]12C. The van der Waals surface area contributed by atoms with Crippen molar-refractivity contribution >= 4 is 11.6 Å². The standard InChI is InChI=1S/C21H31NO2/c1-12(23)16-6-7-17-15-5-4-13-10-14(24)8-9-20(13,2)19(15)18(22)11-21(16,17)3/h10,15-19H,4-9,11,22H2,1-3H3/t15-,16+,17-,18?,19+,20-,21+/m0/s1. The summed E-state index contributed by atoms with van der Waals surface area (Å²) in [7, 11) is 0. The summed E-state index contributed by atoms with van der Waals surface area (Å²) in [5.74, 6) is 2.59. The molecule has 0 aromatic heterocycles. The summed E-state index contributed by atoms with van der Waals surface area (Å²) in [5.41, 5.74) is 8.35. The number of carbonyl (C=O) groups is 2. The minimum absolute atomic E-state index is 0.0917. The van der Waals surface area contributed by atoms with E-state index in [9.17, 15) is 9.59 Å². The molecule has 2 N–H and O–H groups in total. The quantitative estimate of drug-likeness (QED) is 0.798. The van der Waals surface area contributed by atoms with Gasteiger partial charge in [-0.2, -0.15) is 0 Å². The van der Waals surface area contributed by atoms with Crippen LogP contribution >= 0.6 is 0 Å². The highest BCUT2D eigenvalue weighted by Crippen LogP contribution is 2.66. The number of rotatable bonds is 1. The Hall–Kier alpha value is -0.960. The van der Waals surface area contributed by atoms with Crippen molar-refractivity contribution in [2.24, 2.45) is 40.2 Å². The first-order valence-electron chi connectivity index (χ1n) is 9.77. The molecule has 0 bridgehead atoms. The van der Waals surface area contributed by atoms with Crippen LogP contribution in [0.4, 0.5) is 0 Å². The van der Waals surface area contributed by atoms with Crippen LogP contribution in [-0.4, -0.2) is 17.6 Å². The van der Waals surface area contributed by atoms with Gasteiger partial charge in [-0.05, 0) is 80.1 Å². The molecule has 0 amide bonds. The van der Waals surface area contributed by atoms with Gasteiger partial charge in [-0.1, -0.05) is 19.4 Å². The highest BCUT2D eigenvalue weighted by molar-refractivity contribution is 5.91. The molecule has 0 saturated heterocycles. The molecule has 0 spiro atoms. The first-order valence-corrected chi connectivity index (χ1v) is 9.77. The van der Waals surface area contributed by atoms with E-state index in [1.54, 1.807) is 6.92 Å². The molecule has 132 valence electrons. The third-order valence-electron chi connectivity index (χ3n) is 8.46. The molecule has 0 heterocycles. The predicted molar refractivity (Wildman–Crippen MR) is 94.2 cm³/mol. The Bertz CT molecular complexity index is 623. The van der Waals surface area contributed by atoms with E-state index in [1.165, 1.54) is 12.0 Å². The summed E-state index contributed by atoms with van der Waals surface area (Å²) in [4.78, 5) is 24.1. The molecule has 4 aliphatic carbocycles. The van der Waals surface area contributed by atoms with E-state index in [1.807, 2.05) is 6.08 Å². The second kappa shape index (κ2) is 5.27. The summed E-state index contributed by atoms with van der Waals surface area (Å²) >= 11 is 0. The maximum Gasteiger partial charge on any atom is 0.155 e. The van der Waals surface area contributed by atoms with E-state index in [0.717, 1.165) is 32.1 Å². The Morgan fingerprint density at radius 1 is 1.21 bits per heavy atom.